The van der Waals surface area contributed by atoms with E-state index in [4.69, 9.17) is 32.7 Å². The average Bonchev–Trinajstić information content (AvgIpc) is 3.22. The molecule has 148 valence electrons. The highest BCUT2D eigenvalue weighted by molar-refractivity contribution is 6.53. The van der Waals surface area contributed by atoms with Gasteiger partial charge >= 0.3 is 0 Å². The Hall–Kier alpha value is -2.44. The predicted molar refractivity (Wildman–Crippen MR) is 110 cm³/mol. The predicted octanol–water partition coefficient (Wildman–Crippen LogP) is 4.48. The molecule has 1 fully saturated rings. The van der Waals surface area contributed by atoms with Gasteiger partial charge in [-0.25, -0.2) is 0 Å². The zero-order valence-electron chi connectivity index (χ0n) is 15.6. The molecule has 0 saturated heterocycles. The van der Waals surface area contributed by atoms with Crippen molar-refractivity contribution in [3.05, 3.63) is 48.0 Å². The van der Waals surface area contributed by atoms with Gasteiger partial charge in [0.2, 0.25) is 5.91 Å². The Labute approximate surface area is 173 Å². The van der Waals surface area contributed by atoms with Crippen molar-refractivity contribution in [3.63, 3.8) is 0 Å². The maximum atomic E-state index is 12.6. The van der Waals surface area contributed by atoms with Crippen LogP contribution in [-0.2, 0) is 4.79 Å². The van der Waals surface area contributed by atoms with Crippen molar-refractivity contribution in [2.75, 3.05) is 24.9 Å². The van der Waals surface area contributed by atoms with Gasteiger partial charge < -0.3 is 20.1 Å². The van der Waals surface area contributed by atoms with E-state index in [9.17, 15) is 9.59 Å². The van der Waals surface area contributed by atoms with Crippen molar-refractivity contribution < 1.29 is 19.1 Å². The molecule has 0 aliphatic heterocycles. The van der Waals surface area contributed by atoms with E-state index in [0.717, 1.165) is 0 Å². The fourth-order valence-corrected chi connectivity index (χ4v) is 3.49. The smallest absolute Gasteiger partial charge is 0.255 e. The molecule has 0 radical (unpaired) electrons. The number of carbonyl (C=O) groups excluding carboxylic acids is 2. The van der Waals surface area contributed by atoms with Crippen molar-refractivity contribution in [1.29, 1.82) is 0 Å². The Bertz CT molecular complexity index is 918. The molecule has 0 bridgehead atoms. The Morgan fingerprint density at radius 1 is 0.964 bits per heavy atom. The molecule has 2 amide bonds. The van der Waals surface area contributed by atoms with Crippen LogP contribution in [0, 0.1) is 5.41 Å². The third-order valence-electron chi connectivity index (χ3n) is 4.81. The first-order valence-electron chi connectivity index (χ1n) is 8.53. The Kier molecular flexibility index (Phi) is 5.46. The van der Waals surface area contributed by atoms with E-state index in [-0.39, 0.29) is 11.8 Å². The largest absolute Gasteiger partial charge is 0.494 e. The van der Waals surface area contributed by atoms with Crippen molar-refractivity contribution in [3.8, 4) is 11.5 Å². The lowest BCUT2D eigenvalue weighted by Gasteiger charge is -2.18. The number of alkyl halides is 2. The fourth-order valence-electron chi connectivity index (χ4n) is 2.78. The van der Waals surface area contributed by atoms with Crippen LogP contribution in [0.25, 0.3) is 0 Å². The second-order valence-electron chi connectivity index (χ2n) is 6.74. The number of benzene rings is 2. The summed E-state index contributed by atoms with van der Waals surface area (Å²) in [6.45, 7) is 1.69. The van der Waals surface area contributed by atoms with Crippen LogP contribution >= 0.6 is 23.2 Å². The van der Waals surface area contributed by atoms with Crippen molar-refractivity contribution in [2.24, 2.45) is 5.41 Å². The number of halogens is 2. The van der Waals surface area contributed by atoms with Crippen molar-refractivity contribution in [1.82, 2.24) is 0 Å². The maximum absolute atomic E-state index is 12.6. The zero-order valence-corrected chi connectivity index (χ0v) is 17.1. The minimum absolute atomic E-state index is 0.294. The van der Waals surface area contributed by atoms with Gasteiger partial charge in [-0.1, -0.05) is 18.2 Å². The van der Waals surface area contributed by atoms with Gasteiger partial charge in [0.25, 0.3) is 5.91 Å². The molecule has 1 atom stereocenters. The first-order valence-corrected chi connectivity index (χ1v) is 9.29. The van der Waals surface area contributed by atoms with E-state index in [1.54, 1.807) is 43.3 Å². The molecule has 2 aromatic carbocycles. The number of rotatable bonds is 6. The molecule has 1 saturated carbocycles. The molecule has 2 aromatic rings. The van der Waals surface area contributed by atoms with Crippen molar-refractivity contribution in [2.45, 2.75) is 17.7 Å². The third kappa shape index (κ3) is 3.75. The molecule has 0 heterocycles. The van der Waals surface area contributed by atoms with Gasteiger partial charge in [-0.3, -0.25) is 9.59 Å². The topological polar surface area (TPSA) is 76.7 Å². The molecule has 6 nitrogen and oxygen atoms in total. The number of ether oxygens (including phenoxy) is 2. The number of anilines is 2. The second-order valence-corrected chi connectivity index (χ2v) is 8.22. The van der Waals surface area contributed by atoms with E-state index in [0.29, 0.717) is 34.9 Å². The van der Waals surface area contributed by atoms with E-state index in [1.165, 1.54) is 14.2 Å². The monoisotopic (exact) mass is 422 g/mol. The Morgan fingerprint density at radius 3 is 1.93 bits per heavy atom. The molecule has 1 unspecified atom stereocenters. The van der Waals surface area contributed by atoms with Gasteiger partial charge in [-0.15, -0.1) is 23.2 Å². The molecule has 8 heteroatoms. The number of methoxy groups -OCH3 is 2. The first-order chi connectivity index (χ1) is 13.2. The first kappa shape index (κ1) is 20.3. The van der Waals surface area contributed by atoms with Gasteiger partial charge in [0.1, 0.15) is 15.8 Å². The van der Waals surface area contributed by atoms with Crippen LogP contribution in [-0.4, -0.2) is 30.4 Å². The number of amides is 2. The summed E-state index contributed by atoms with van der Waals surface area (Å²) in [5, 5.41) is 5.57. The molecule has 0 aromatic heterocycles. The number of hydrogen-bond acceptors (Lipinski definition) is 4. The molecule has 0 spiro atoms. The average molecular weight is 423 g/mol. The number of nitrogens with one attached hydrogen (secondary N) is 2. The number of carbonyl (C=O) groups is 2. The van der Waals surface area contributed by atoms with Crippen LogP contribution in [0.4, 0.5) is 11.4 Å². The molecule has 28 heavy (non-hydrogen) atoms. The summed E-state index contributed by atoms with van der Waals surface area (Å²) < 4.78 is 9.66. The summed E-state index contributed by atoms with van der Waals surface area (Å²) in [7, 11) is 2.93. The quantitative estimate of drug-likeness (QED) is 0.672. The Morgan fingerprint density at radius 2 is 1.46 bits per heavy atom. The lowest BCUT2D eigenvalue weighted by atomic mass is 10.1. The molecule has 1 aliphatic carbocycles. The third-order valence-corrected chi connectivity index (χ3v) is 5.91. The summed E-state index contributed by atoms with van der Waals surface area (Å²) in [5.41, 5.74) is 0.421. The van der Waals surface area contributed by atoms with Crippen LogP contribution in [0.15, 0.2) is 42.5 Å². The van der Waals surface area contributed by atoms with Gasteiger partial charge in [-0.2, -0.15) is 0 Å². The maximum Gasteiger partial charge on any atom is 0.255 e. The zero-order chi connectivity index (χ0) is 20.5. The molecule has 1 aliphatic rings. The summed E-state index contributed by atoms with van der Waals surface area (Å²) in [5.74, 6) is 0.108. The SMILES string of the molecule is COc1cc(NC(=O)C2(C)CC2(Cl)Cl)c(OC)cc1NC(=O)c1ccccc1. The minimum Gasteiger partial charge on any atom is -0.494 e. The lowest BCUT2D eigenvalue weighted by Crippen LogP contribution is -2.26. The van der Waals surface area contributed by atoms with E-state index in [1.807, 2.05) is 6.07 Å². The highest BCUT2D eigenvalue weighted by Gasteiger charge is 2.68. The standard InChI is InChI=1S/C20H20Cl2N2O4/c1-19(11-20(19,21)22)18(26)24-14-10-15(27-2)13(9-16(14)28-3)23-17(25)12-7-5-4-6-8-12/h4-10H,11H2,1-3H3,(H,23,25)(H,24,26). The van der Waals surface area contributed by atoms with Crippen LogP contribution in [0.5, 0.6) is 11.5 Å². The molecular weight excluding hydrogens is 403 g/mol. The number of hydrogen-bond donors (Lipinski definition) is 2. The Balaban J connectivity index is 1.86. The van der Waals surface area contributed by atoms with Crippen molar-refractivity contribution >= 4 is 46.4 Å². The molecular formula is C20H20Cl2N2O4. The molecule has 2 N–H and O–H groups in total. The van der Waals surface area contributed by atoms with Crippen LogP contribution < -0.4 is 20.1 Å². The van der Waals surface area contributed by atoms with Crippen LogP contribution in [0.1, 0.15) is 23.7 Å². The normalized spacial score (nSPS) is 19.5. The van der Waals surface area contributed by atoms with E-state index in [2.05, 4.69) is 10.6 Å². The fraction of sp³-hybridized carbons (Fsp3) is 0.300. The van der Waals surface area contributed by atoms with Gasteiger partial charge in [0.15, 0.2) is 0 Å². The van der Waals surface area contributed by atoms with Gasteiger partial charge in [0, 0.05) is 17.7 Å². The van der Waals surface area contributed by atoms with E-state index < -0.39 is 9.75 Å². The van der Waals surface area contributed by atoms with Gasteiger partial charge in [-0.05, 0) is 25.5 Å². The molecule has 3 rings (SSSR count). The second kappa shape index (κ2) is 7.53. The summed E-state index contributed by atoms with van der Waals surface area (Å²) in [6, 6.07) is 11.9. The minimum atomic E-state index is -1.09. The summed E-state index contributed by atoms with van der Waals surface area (Å²) >= 11 is 12.2. The van der Waals surface area contributed by atoms with Crippen LogP contribution in [0.2, 0.25) is 0 Å². The lowest BCUT2D eigenvalue weighted by molar-refractivity contribution is -0.120. The van der Waals surface area contributed by atoms with Crippen LogP contribution in [0.3, 0.4) is 0 Å². The summed E-state index contributed by atoms with van der Waals surface area (Å²) in [6.07, 6.45) is 0.361. The highest BCUT2D eigenvalue weighted by Crippen LogP contribution is 2.64. The van der Waals surface area contributed by atoms with Gasteiger partial charge in [0.05, 0.1) is 31.0 Å². The summed E-state index contributed by atoms with van der Waals surface area (Å²) in [4.78, 5) is 25.0. The highest BCUT2D eigenvalue weighted by atomic mass is 35.5. The van der Waals surface area contributed by atoms with E-state index >= 15 is 0 Å².